The molecule has 0 aliphatic carbocycles. The molecule has 6 heteroatoms. The molecule has 1 heterocycles. The predicted octanol–water partition coefficient (Wildman–Crippen LogP) is 1.73. The van der Waals surface area contributed by atoms with E-state index in [0.717, 1.165) is 26.3 Å². The zero-order valence-electron chi connectivity index (χ0n) is 14.7. The van der Waals surface area contributed by atoms with Crippen molar-refractivity contribution in [3.05, 3.63) is 29.8 Å². The van der Waals surface area contributed by atoms with Crippen LogP contribution in [0.5, 0.6) is 0 Å². The first-order chi connectivity index (χ1) is 11.5. The highest BCUT2D eigenvalue weighted by atomic mass is 16.5. The Morgan fingerprint density at radius 1 is 1.25 bits per heavy atom. The van der Waals surface area contributed by atoms with Gasteiger partial charge in [-0.15, -0.1) is 0 Å². The van der Waals surface area contributed by atoms with E-state index in [4.69, 9.17) is 4.74 Å². The third-order valence-corrected chi connectivity index (χ3v) is 4.20. The van der Waals surface area contributed by atoms with Crippen LogP contribution in [-0.4, -0.2) is 55.6 Å². The van der Waals surface area contributed by atoms with Gasteiger partial charge in [0, 0.05) is 43.9 Å². The van der Waals surface area contributed by atoms with Crippen LogP contribution in [0.15, 0.2) is 24.3 Å². The molecule has 132 valence electrons. The number of nitrogens with zero attached hydrogens (tertiary/aromatic N) is 1. The second kappa shape index (κ2) is 8.80. The summed E-state index contributed by atoms with van der Waals surface area (Å²) in [6.07, 6.45) is 0. The molecular weight excluding hydrogens is 306 g/mol. The number of amides is 2. The minimum atomic E-state index is -0.153. The number of carbonyl (C=O) groups is 2. The van der Waals surface area contributed by atoms with E-state index in [2.05, 4.69) is 29.4 Å². The summed E-state index contributed by atoms with van der Waals surface area (Å²) >= 11 is 0. The molecule has 0 saturated carbocycles. The molecule has 0 radical (unpaired) electrons. The molecule has 1 aliphatic rings. The van der Waals surface area contributed by atoms with Gasteiger partial charge in [0.1, 0.15) is 0 Å². The number of ether oxygens (including phenoxy) is 1. The smallest absolute Gasteiger partial charge is 0.251 e. The first-order valence-electron chi connectivity index (χ1n) is 8.45. The molecule has 1 atom stereocenters. The van der Waals surface area contributed by atoms with Crippen LogP contribution in [0.25, 0.3) is 0 Å². The maximum atomic E-state index is 12.4. The molecule has 0 spiro atoms. The Hall–Kier alpha value is -1.92. The highest BCUT2D eigenvalue weighted by Crippen LogP contribution is 2.14. The van der Waals surface area contributed by atoms with Gasteiger partial charge >= 0.3 is 0 Å². The molecule has 24 heavy (non-hydrogen) atoms. The Morgan fingerprint density at radius 2 is 1.96 bits per heavy atom. The number of nitrogens with one attached hydrogen (secondary N) is 2. The first-order valence-corrected chi connectivity index (χ1v) is 8.45. The Balaban J connectivity index is 1.96. The summed E-state index contributed by atoms with van der Waals surface area (Å²) in [4.78, 5) is 25.9. The van der Waals surface area contributed by atoms with Gasteiger partial charge in [0.2, 0.25) is 5.91 Å². The monoisotopic (exact) mass is 333 g/mol. The molecule has 1 unspecified atom stereocenters. The second-order valence-electron chi connectivity index (χ2n) is 6.43. The lowest BCUT2D eigenvalue weighted by molar-refractivity contribution is -0.114. The third kappa shape index (κ3) is 5.32. The highest BCUT2D eigenvalue weighted by Gasteiger charge is 2.24. The van der Waals surface area contributed by atoms with Crippen LogP contribution in [-0.2, 0) is 9.53 Å². The molecule has 1 saturated heterocycles. The van der Waals surface area contributed by atoms with Crippen LogP contribution in [0.3, 0.4) is 0 Å². The quantitative estimate of drug-likeness (QED) is 0.832. The summed E-state index contributed by atoms with van der Waals surface area (Å²) < 4.78 is 5.41. The van der Waals surface area contributed by atoms with Crippen LogP contribution in [0.4, 0.5) is 5.69 Å². The standard InChI is InChI=1S/C18H27N3O3/c1-13(2)17(21-7-9-24-10-8-21)12-19-18(23)15-5-4-6-16(11-15)20-14(3)22/h4-6,11,13,17H,7-10,12H2,1-3H3,(H,19,23)(H,20,22). The number of hydrogen-bond donors (Lipinski definition) is 2. The molecule has 2 rings (SSSR count). The molecule has 1 fully saturated rings. The van der Waals surface area contributed by atoms with Crippen LogP contribution < -0.4 is 10.6 Å². The largest absolute Gasteiger partial charge is 0.379 e. The van der Waals surface area contributed by atoms with Crippen molar-refractivity contribution in [3.63, 3.8) is 0 Å². The molecule has 0 aromatic heterocycles. The molecule has 0 bridgehead atoms. The lowest BCUT2D eigenvalue weighted by Gasteiger charge is -2.36. The predicted molar refractivity (Wildman–Crippen MR) is 94.1 cm³/mol. The fraction of sp³-hybridized carbons (Fsp3) is 0.556. The molecule has 1 aromatic rings. The van der Waals surface area contributed by atoms with Gasteiger partial charge in [-0.05, 0) is 24.1 Å². The van der Waals surface area contributed by atoms with Crippen molar-refractivity contribution in [2.24, 2.45) is 5.92 Å². The van der Waals surface area contributed by atoms with Crippen molar-refractivity contribution in [1.82, 2.24) is 10.2 Å². The molecule has 2 amide bonds. The summed E-state index contributed by atoms with van der Waals surface area (Å²) in [5.74, 6) is 0.162. The van der Waals surface area contributed by atoms with Gasteiger partial charge in [0.15, 0.2) is 0 Å². The van der Waals surface area contributed by atoms with Gasteiger partial charge in [0.25, 0.3) is 5.91 Å². The third-order valence-electron chi connectivity index (χ3n) is 4.20. The zero-order chi connectivity index (χ0) is 17.5. The van der Waals surface area contributed by atoms with Gasteiger partial charge < -0.3 is 15.4 Å². The minimum Gasteiger partial charge on any atom is -0.379 e. The number of morpholine rings is 1. The van der Waals surface area contributed by atoms with Crippen LogP contribution >= 0.6 is 0 Å². The van der Waals surface area contributed by atoms with E-state index in [1.165, 1.54) is 6.92 Å². The minimum absolute atomic E-state index is 0.124. The second-order valence-corrected chi connectivity index (χ2v) is 6.43. The van der Waals surface area contributed by atoms with Crippen molar-refractivity contribution in [1.29, 1.82) is 0 Å². The van der Waals surface area contributed by atoms with Crippen molar-refractivity contribution >= 4 is 17.5 Å². The topological polar surface area (TPSA) is 70.7 Å². The summed E-state index contributed by atoms with van der Waals surface area (Å²) in [5, 5.41) is 5.72. The maximum absolute atomic E-state index is 12.4. The van der Waals surface area contributed by atoms with Crippen LogP contribution in [0, 0.1) is 5.92 Å². The Bertz CT molecular complexity index is 568. The first kappa shape index (κ1) is 18.4. The van der Waals surface area contributed by atoms with Gasteiger partial charge in [-0.2, -0.15) is 0 Å². The van der Waals surface area contributed by atoms with E-state index in [-0.39, 0.29) is 17.9 Å². The van der Waals surface area contributed by atoms with Crippen molar-refractivity contribution < 1.29 is 14.3 Å². The Morgan fingerprint density at radius 3 is 2.58 bits per heavy atom. The molecular formula is C18H27N3O3. The summed E-state index contributed by atoms with van der Waals surface area (Å²) in [6.45, 7) is 9.68. The van der Waals surface area contributed by atoms with E-state index >= 15 is 0 Å². The fourth-order valence-corrected chi connectivity index (χ4v) is 2.94. The van der Waals surface area contributed by atoms with Gasteiger partial charge in [-0.1, -0.05) is 19.9 Å². The number of rotatable bonds is 6. The summed E-state index contributed by atoms with van der Waals surface area (Å²) in [5.41, 5.74) is 1.18. The number of benzene rings is 1. The van der Waals surface area contributed by atoms with Gasteiger partial charge in [0.05, 0.1) is 13.2 Å². The van der Waals surface area contributed by atoms with Crippen LogP contribution in [0.1, 0.15) is 31.1 Å². The van der Waals surface area contributed by atoms with E-state index in [1.54, 1.807) is 24.3 Å². The molecule has 6 nitrogen and oxygen atoms in total. The van der Waals surface area contributed by atoms with E-state index in [0.29, 0.717) is 23.7 Å². The van der Waals surface area contributed by atoms with Crippen LogP contribution in [0.2, 0.25) is 0 Å². The lowest BCUT2D eigenvalue weighted by atomic mass is 10.0. The average molecular weight is 333 g/mol. The van der Waals surface area contributed by atoms with Crippen molar-refractivity contribution in [3.8, 4) is 0 Å². The summed E-state index contributed by atoms with van der Waals surface area (Å²) in [7, 11) is 0. The number of hydrogen-bond acceptors (Lipinski definition) is 4. The lowest BCUT2D eigenvalue weighted by Crippen LogP contribution is -2.51. The van der Waals surface area contributed by atoms with Gasteiger partial charge in [-0.3, -0.25) is 14.5 Å². The maximum Gasteiger partial charge on any atom is 0.251 e. The zero-order valence-corrected chi connectivity index (χ0v) is 14.7. The molecule has 2 N–H and O–H groups in total. The SMILES string of the molecule is CC(=O)Nc1cccc(C(=O)NCC(C(C)C)N2CCOCC2)c1. The normalized spacial score (nSPS) is 16.7. The Labute approximate surface area is 143 Å². The van der Waals surface area contributed by atoms with E-state index in [9.17, 15) is 9.59 Å². The number of anilines is 1. The van der Waals surface area contributed by atoms with E-state index < -0.39 is 0 Å². The molecule has 1 aliphatic heterocycles. The summed E-state index contributed by atoms with van der Waals surface area (Å²) in [6, 6.07) is 7.26. The average Bonchev–Trinajstić information content (AvgIpc) is 2.55. The molecule has 1 aromatic carbocycles. The van der Waals surface area contributed by atoms with Crippen molar-refractivity contribution in [2.45, 2.75) is 26.8 Å². The Kier molecular flexibility index (Phi) is 6.75. The highest BCUT2D eigenvalue weighted by molar-refractivity contribution is 5.96. The fourth-order valence-electron chi connectivity index (χ4n) is 2.94. The van der Waals surface area contributed by atoms with Gasteiger partial charge in [-0.25, -0.2) is 0 Å². The van der Waals surface area contributed by atoms with E-state index in [1.807, 2.05) is 0 Å². The van der Waals surface area contributed by atoms with Crippen molar-refractivity contribution in [2.75, 3.05) is 38.2 Å². The number of carbonyl (C=O) groups excluding carboxylic acids is 2.